The molecule has 1 aliphatic carbocycles. The molecule has 2 atom stereocenters. The minimum Gasteiger partial charge on any atom is -0.235 e. The lowest BCUT2D eigenvalue weighted by molar-refractivity contribution is 0.491. The van der Waals surface area contributed by atoms with E-state index in [1.165, 1.54) is 50.0 Å². The molecule has 2 unspecified atom stereocenters. The van der Waals surface area contributed by atoms with Gasteiger partial charge in [-0.3, -0.25) is 0 Å². The summed E-state index contributed by atoms with van der Waals surface area (Å²) in [4.78, 5) is 0. The first-order chi connectivity index (χ1) is 8.60. The second-order valence-corrected chi connectivity index (χ2v) is 10.4. The van der Waals surface area contributed by atoms with Crippen LogP contribution in [0.4, 0.5) is 0 Å². The molecule has 0 amide bonds. The Hall–Kier alpha value is -0.170. The highest BCUT2D eigenvalue weighted by molar-refractivity contribution is 8.40. The standard InChI is InChI=1S/C17H30S/c1-5-8-10-11-16(12-13-16)17(7-3)15-18(17,4)14-9-6-2/h6,10-11H,2,5,7-9,12-15H2,1,3-4H3. The fraction of sp³-hybridized carbons (Fsp3) is 0.765. The minimum atomic E-state index is -0.344. The molecule has 0 aromatic carbocycles. The summed E-state index contributed by atoms with van der Waals surface area (Å²) >= 11 is 0. The van der Waals surface area contributed by atoms with E-state index in [1.807, 2.05) is 0 Å². The third-order valence-electron chi connectivity index (χ3n) is 5.34. The first-order valence-corrected chi connectivity index (χ1v) is 9.99. The summed E-state index contributed by atoms with van der Waals surface area (Å²) in [5, 5.41) is 0. The van der Waals surface area contributed by atoms with Crippen LogP contribution in [0.3, 0.4) is 0 Å². The van der Waals surface area contributed by atoms with E-state index >= 15 is 0 Å². The molecule has 0 nitrogen and oxygen atoms in total. The van der Waals surface area contributed by atoms with Crippen LogP contribution in [-0.4, -0.2) is 22.5 Å². The van der Waals surface area contributed by atoms with Gasteiger partial charge in [-0.05, 0) is 49.9 Å². The van der Waals surface area contributed by atoms with E-state index in [0.29, 0.717) is 10.2 Å². The molecular formula is C17H30S. The van der Waals surface area contributed by atoms with Crippen LogP contribution in [0.25, 0.3) is 0 Å². The molecule has 1 saturated carbocycles. The Morgan fingerprint density at radius 2 is 1.94 bits per heavy atom. The largest absolute Gasteiger partial charge is 0.235 e. The van der Waals surface area contributed by atoms with Crippen LogP contribution < -0.4 is 0 Å². The Balaban J connectivity index is 2.08. The Kier molecular flexibility index (Phi) is 4.02. The van der Waals surface area contributed by atoms with Gasteiger partial charge in [-0.2, -0.15) is 0 Å². The van der Waals surface area contributed by atoms with E-state index in [-0.39, 0.29) is 10.0 Å². The zero-order valence-corrected chi connectivity index (χ0v) is 13.3. The quantitative estimate of drug-likeness (QED) is 0.413. The molecule has 0 N–H and O–H groups in total. The molecule has 18 heavy (non-hydrogen) atoms. The maximum absolute atomic E-state index is 3.90. The lowest BCUT2D eigenvalue weighted by atomic mass is 9.87. The van der Waals surface area contributed by atoms with Crippen LogP contribution in [0, 0.1) is 5.41 Å². The molecule has 0 aromatic rings. The van der Waals surface area contributed by atoms with Crippen molar-refractivity contribution in [3.8, 4) is 0 Å². The molecule has 0 bridgehead atoms. The molecule has 0 spiro atoms. The van der Waals surface area contributed by atoms with Crippen molar-refractivity contribution < 1.29 is 0 Å². The maximum Gasteiger partial charge on any atom is 0.0165 e. The van der Waals surface area contributed by atoms with E-state index in [2.05, 4.69) is 44.9 Å². The summed E-state index contributed by atoms with van der Waals surface area (Å²) in [7, 11) is -0.344. The molecule has 104 valence electrons. The molecule has 1 heteroatoms. The second kappa shape index (κ2) is 5.07. The zero-order valence-electron chi connectivity index (χ0n) is 12.5. The first-order valence-electron chi connectivity index (χ1n) is 7.61. The van der Waals surface area contributed by atoms with Gasteiger partial charge in [0, 0.05) is 10.2 Å². The third kappa shape index (κ3) is 2.09. The van der Waals surface area contributed by atoms with Crippen LogP contribution in [0.2, 0.25) is 0 Å². The molecule has 0 aromatic heterocycles. The normalized spacial score (nSPS) is 40.4. The fourth-order valence-electron chi connectivity index (χ4n) is 3.92. The number of hydrogen-bond donors (Lipinski definition) is 0. The van der Waals surface area contributed by atoms with Gasteiger partial charge < -0.3 is 0 Å². The number of hydrogen-bond acceptors (Lipinski definition) is 0. The van der Waals surface area contributed by atoms with Crippen molar-refractivity contribution >= 4 is 10.0 Å². The average Bonchev–Trinajstić information content (AvgIpc) is 3.24. The van der Waals surface area contributed by atoms with Gasteiger partial charge in [0.15, 0.2) is 0 Å². The van der Waals surface area contributed by atoms with Crippen LogP contribution in [0.15, 0.2) is 24.8 Å². The van der Waals surface area contributed by atoms with Gasteiger partial charge >= 0.3 is 0 Å². The topological polar surface area (TPSA) is 0 Å². The molecule has 0 radical (unpaired) electrons. The second-order valence-electron chi connectivity index (χ2n) is 6.40. The average molecular weight is 266 g/mol. The summed E-state index contributed by atoms with van der Waals surface area (Å²) < 4.78 is 0.702. The van der Waals surface area contributed by atoms with Crippen LogP contribution in [-0.2, 0) is 0 Å². The number of allylic oxidation sites excluding steroid dienone is 3. The predicted molar refractivity (Wildman–Crippen MR) is 86.8 cm³/mol. The van der Waals surface area contributed by atoms with Gasteiger partial charge in [0.2, 0.25) is 0 Å². The van der Waals surface area contributed by atoms with Gasteiger partial charge in [-0.1, -0.05) is 38.5 Å². The zero-order chi connectivity index (χ0) is 13.3. The van der Waals surface area contributed by atoms with Crippen molar-refractivity contribution in [1.82, 2.24) is 0 Å². The third-order valence-corrected chi connectivity index (χ3v) is 9.98. The SMILES string of the molecule is C=CCCS1(C)CC1(CC)C1(C=CCCC)CC1. The number of rotatable bonds is 8. The van der Waals surface area contributed by atoms with Crippen LogP contribution >= 0.6 is 10.0 Å². The number of unbranched alkanes of at least 4 members (excludes halogenated alkanes) is 1. The molecule has 1 heterocycles. The van der Waals surface area contributed by atoms with Gasteiger partial charge in [0.05, 0.1) is 0 Å². The Morgan fingerprint density at radius 1 is 1.22 bits per heavy atom. The summed E-state index contributed by atoms with van der Waals surface area (Å²) in [6.07, 6.45) is 17.9. The Labute approximate surface area is 115 Å². The van der Waals surface area contributed by atoms with Gasteiger partial charge in [-0.25, -0.2) is 10.0 Å². The van der Waals surface area contributed by atoms with E-state index < -0.39 is 0 Å². The van der Waals surface area contributed by atoms with E-state index in [4.69, 9.17) is 0 Å². The van der Waals surface area contributed by atoms with Crippen molar-refractivity contribution in [1.29, 1.82) is 0 Å². The summed E-state index contributed by atoms with van der Waals surface area (Å²) in [6.45, 7) is 8.61. The lowest BCUT2D eigenvalue weighted by Crippen LogP contribution is -2.25. The first kappa shape index (κ1) is 14.2. The lowest BCUT2D eigenvalue weighted by Gasteiger charge is -2.31. The van der Waals surface area contributed by atoms with Crippen molar-refractivity contribution in [2.45, 2.75) is 57.1 Å². The summed E-state index contributed by atoms with van der Waals surface area (Å²) in [5.74, 6) is 2.95. The Morgan fingerprint density at radius 3 is 2.44 bits per heavy atom. The highest BCUT2D eigenvalue weighted by Crippen LogP contribution is 2.86. The highest BCUT2D eigenvalue weighted by atomic mass is 32.3. The molecule has 2 fully saturated rings. The fourth-order valence-corrected chi connectivity index (χ4v) is 9.16. The highest BCUT2D eigenvalue weighted by Gasteiger charge is 2.71. The monoisotopic (exact) mass is 266 g/mol. The van der Waals surface area contributed by atoms with Crippen molar-refractivity contribution in [3.05, 3.63) is 24.8 Å². The molecule has 1 aliphatic heterocycles. The van der Waals surface area contributed by atoms with Crippen molar-refractivity contribution in [2.75, 3.05) is 17.8 Å². The Bertz CT molecular complexity index is 340. The van der Waals surface area contributed by atoms with Gasteiger partial charge in [-0.15, -0.1) is 6.58 Å². The van der Waals surface area contributed by atoms with Gasteiger partial charge in [0.1, 0.15) is 0 Å². The van der Waals surface area contributed by atoms with Crippen molar-refractivity contribution in [2.24, 2.45) is 5.41 Å². The molecule has 2 rings (SSSR count). The van der Waals surface area contributed by atoms with E-state index in [1.54, 1.807) is 0 Å². The van der Waals surface area contributed by atoms with Crippen LogP contribution in [0.5, 0.6) is 0 Å². The van der Waals surface area contributed by atoms with Gasteiger partial charge in [0.25, 0.3) is 0 Å². The maximum atomic E-state index is 3.90. The molecule has 2 aliphatic rings. The summed E-state index contributed by atoms with van der Waals surface area (Å²) in [5.41, 5.74) is 0.613. The van der Waals surface area contributed by atoms with Crippen molar-refractivity contribution in [3.63, 3.8) is 0 Å². The van der Waals surface area contributed by atoms with Crippen LogP contribution in [0.1, 0.15) is 52.4 Å². The minimum absolute atomic E-state index is 0.344. The predicted octanol–water partition coefficient (Wildman–Crippen LogP) is 5.30. The summed E-state index contributed by atoms with van der Waals surface area (Å²) in [6, 6.07) is 0. The van der Waals surface area contributed by atoms with E-state index in [9.17, 15) is 0 Å². The smallest absolute Gasteiger partial charge is 0.0165 e. The molecule has 1 saturated heterocycles. The molecular weight excluding hydrogens is 236 g/mol. The van der Waals surface area contributed by atoms with E-state index in [0.717, 1.165) is 0 Å².